The Bertz CT molecular complexity index is 523. The zero-order valence-electron chi connectivity index (χ0n) is 11.8. The molecule has 1 atom stereocenters. The highest BCUT2D eigenvalue weighted by Crippen LogP contribution is 2.24. The molecule has 110 valence electrons. The molecule has 0 spiro atoms. The lowest BCUT2D eigenvalue weighted by Crippen LogP contribution is -2.37. The van der Waals surface area contributed by atoms with Crippen LogP contribution in [0.2, 0.25) is 0 Å². The Balaban J connectivity index is 2.05. The van der Waals surface area contributed by atoms with Crippen LogP contribution in [0.1, 0.15) is 36.9 Å². The van der Waals surface area contributed by atoms with Gasteiger partial charge in [0.1, 0.15) is 0 Å². The molecule has 1 saturated heterocycles. The predicted octanol–water partition coefficient (Wildman–Crippen LogP) is 2.46. The molecular weight excluding hydrogens is 276 g/mol. The van der Waals surface area contributed by atoms with Gasteiger partial charge in [-0.3, -0.25) is 14.3 Å². The Morgan fingerprint density at radius 3 is 2.65 bits per heavy atom. The number of nitro groups is 1. The molecule has 1 fully saturated rings. The van der Waals surface area contributed by atoms with Crippen LogP contribution >= 0.6 is 0 Å². The fraction of sp³-hybridized carbons (Fsp3) is 0.571. The normalized spacial score (nSPS) is 24.3. The molecule has 0 radical (unpaired) electrons. The minimum absolute atomic E-state index is 0.0610. The smallest absolute Gasteiger partial charge is 0.272 e. The van der Waals surface area contributed by atoms with Gasteiger partial charge in [-0.15, -0.1) is 0 Å². The van der Waals surface area contributed by atoms with Crippen molar-refractivity contribution < 1.29 is 9.13 Å². The molecular formula is C14H20N2O3S. The molecule has 1 N–H and O–H groups in total. The van der Waals surface area contributed by atoms with Crippen LogP contribution in [0.4, 0.5) is 5.69 Å². The minimum Gasteiger partial charge on any atom is -0.307 e. The first-order valence-electron chi connectivity index (χ1n) is 6.83. The molecule has 0 bridgehead atoms. The van der Waals surface area contributed by atoms with Crippen molar-refractivity contribution in [2.75, 3.05) is 11.5 Å². The highest BCUT2D eigenvalue weighted by atomic mass is 32.2. The lowest BCUT2D eigenvalue weighted by Gasteiger charge is -2.26. The van der Waals surface area contributed by atoms with Crippen LogP contribution in [-0.2, 0) is 10.8 Å². The van der Waals surface area contributed by atoms with E-state index in [0.29, 0.717) is 11.6 Å². The molecule has 0 aliphatic carbocycles. The number of hydrogen-bond acceptors (Lipinski definition) is 4. The van der Waals surface area contributed by atoms with Crippen molar-refractivity contribution in [3.63, 3.8) is 0 Å². The van der Waals surface area contributed by atoms with E-state index >= 15 is 0 Å². The van der Waals surface area contributed by atoms with Gasteiger partial charge in [-0.25, -0.2) is 0 Å². The molecule has 5 nitrogen and oxygen atoms in total. The molecule has 1 aromatic rings. The predicted molar refractivity (Wildman–Crippen MR) is 80.3 cm³/mol. The Kier molecular flexibility index (Phi) is 4.88. The second-order valence-corrected chi connectivity index (χ2v) is 7.01. The number of nitrogens with zero attached hydrogens (tertiary/aromatic N) is 1. The zero-order chi connectivity index (χ0) is 14.7. The van der Waals surface area contributed by atoms with E-state index in [1.54, 1.807) is 19.1 Å². The first-order valence-corrected chi connectivity index (χ1v) is 8.32. The van der Waals surface area contributed by atoms with Crippen molar-refractivity contribution in [3.05, 3.63) is 39.4 Å². The second kappa shape index (κ2) is 6.45. The van der Waals surface area contributed by atoms with E-state index in [-0.39, 0.29) is 16.7 Å². The summed E-state index contributed by atoms with van der Waals surface area (Å²) >= 11 is 0. The number of hydrogen-bond donors (Lipinski definition) is 1. The first kappa shape index (κ1) is 15.1. The van der Waals surface area contributed by atoms with Crippen LogP contribution in [0.3, 0.4) is 0 Å². The highest BCUT2D eigenvalue weighted by Gasteiger charge is 2.21. The zero-order valence-corrected chi connectivity index (χ0v) is 12.6. The summed E-state index contributed by atoms with van der Waals surface area (Å²) in [5.41, 5.74) is 1.77. The van der Waals surface area contributed by atoms with Crippen molar-refractivity contribution in [2.24, 2.45) is 0 Å². The Morgan fingerprint density at radius 1 is 1.40 bits per heavy atom. The van der Waals surface area contributed by atoms with Gasteiger partial charge in [-0.05, 0) is 32.3 Å². The van der Waals surface area contributed by atoms with Gasteiger partial charge in [0, 0.05) is 46.0 Å². The monoisotopic (exact) mass is 296 g/mol. The summed E-state index contributed by atoms with van der Waals surface area (Å²) in [4.78, 5) is 10.6. The van der Waals surface area contributed by atoms with Crippen LogP contribution in [0, 0.1) is 17.0 Å². The minimum atomic E-state index is -0.662. The summed E-state index contributed by atoms with van der Waals surface area (Å²) in [7, 11) is -0.662. The van der Waals surface area contributed by atoms with Crippen molar-refractivity contribution in [2.45, 2.75) is 38.8 Å². The van der Waals surface area contributed by atoms with E-state index in [1.807, 2.05) is 13.0 Å². The molecule has 1 unspecified atom stereocenters. The van der Waals surface area contributed by atoms with Gasteiger partial charge < -0.3 is 5.32 Å². The van der Waals surface area contributed by atoms with E-state index in [4.69, 9.17) is 0 Å². The van der Waals surface area contributed by atoms with Gasteiger partial charge in [0.25, 0.3) is 5.69 Å². The molecule has 0 saturated carbocycles. The molecule has 1 heterocycles. The summed E-state index contributed by atoms with van der Waals surface area (Å²) in [6.45, 7) is 3.76. The maximum atomic E-state index is 11.3. The second-order valence-electron chi connectivity index (χ2n) is 5.31. The molecule has 1 aromatic carbocycles. The largest absolute Gasteiger partial charge is 0.307 e. The Labute approximate surface area is 121 Å². The van der Waals surface area contributed by atoms with Crippen LogP contribution in [0.5, 0.6) is 0 Å². The van der Waals surface area contributed by atoms with Gasteiger partial charge in [0.05, 0.1) is 4.92 Å². The van der Waals surface area contributed by atoms with Crippen molar-refractivity contribution in [3.8, 4) is 0 Å². The van der Waals surface area contributed by atoms with E-state index in [2.05, 4.69) is 5.32 Å². The van der Waals surface area contributed by atoms with E-state index in [1.165, 1.54) is 0 Å². The fourth-order valence-corrected chi connectivity index (χ4v) is 3.80. The van der Waals surface area contributed by atoms with Gasteiger partial charge in [0.2, 0.25) is 0 Å². The van der Waals surface area contributed by atoms with Crippen LogP contribution < -0.4 is 5.32 Å². The average Bonchev–Trinajstić information content (AvgIpc) is 2.41. The summed E-state index contributed by atoms with van der Waals surface area (Å²) < 4.78 is 11.3. The topological polar surface area (TPSA) is 72.2 Å². The van der Waals surface area contributed by atoms with Gasteiger partial charge >= 0.3 is 0 Å². The summed E-state index contributed by atoms with van der Waals surface area (Å²) in [5.74, 6) is 1.50. The lowest BCUT2D eigenvalue weighted by molar-refractivity contribution is -0.385. The molecule has 1 aliphatic heterocycles. The first-order chi connectivity index (χ1) is 9.47. The maximum Gasteiger partial charge on any atom is 0.272 e. The van der Waals surface area contributed by atoms with Crippen molar-refractivity contribution >= 4 is 16.5 Å². The van der Waals surface area contributed by atoms with E-state index in [9.17, 15) is 14.3 Å². The third kappa shape index (κ3) is 3.64. The third-order valence-electron chi connectivity index (χ3n) is 3.80. The van der Waals surface area contributed by atoms with Crippen LogP contribution in [0.25, 0.3) is 0 Å². The van der Waals surface area contributed by atoms with Crippen molar-refractivity contribution in [1.82, 2.24) is 5.32 Å². The SMILES string of the molecule is Cc1ccc(C(C)NC2CCS(=O)CC2)cc1[N+](=O)[O-]. The number of aryl methyl sites for hydroxylation is 1. The van der Waals surface area contributed by atoms with Gasteiger partial charge in [-0.1, -0.05) is 12.1 Å². The molecule has 2 rings (SSSR count). The van der Waals surface area contributed by atoms with Crippen molar-refractivity contribution in [1.29, 1.82) is 0 Å². The fourth-order valence-electron chi connectivity index (χ4n) is 2.50. The highest BCUT2D eigenvalue weighted by molar-refractivity contribution is 7.85. The van der Waals surface area contributed by atoms with Gasteiger partial charge in [-0.2, -0.15) is 0 Å². The Morgan fingerprint density at radius 2 is 2.05 bits per heavy atom. The molecule has 6 heteroatoms. The Hall–Kier alpha value is -1.27. The van der Waals surface area contributed by atoms with E-state index < -0.39 is 10.8 Å². The number of rotatable bonds is 4. The number of nitrogens with one attached hydrogen (secondary N) is 1. The summed E-state index contributed by atoms with van der Waals surface area (Å²) in [6.07, 6.45) is 1.82. The molecule has 0 aromatic heterocycles. The third-order valence-corrected chi connectivity index (χ3v) is 5.19. The van der Waals surface area contributed by atoms with Crippen LogP contribution in [-0.4, -0.2) is 26.7 Å². The van der Waals surface area contributed by atoms with E-state index in [0.717, 1.165) is 29.9 Å². The van der Waals surface area contributed by atoms with Crippen LogP contribution in [0.15, 0.2) is 18.2 Å². The molecule has 20 heavy (non-hydrogen) atoms. The maximum absolute atomic E-state index is 11.3. The molecule has 1 aliphatic rings. The quantitative estimate of drug-likeness (QED) is 0.684. The van der Waals surface area contributed by atoms with Gasteiger partial charge in [0.15, 0.2) is 0 Å². The summed E-state index contributed by atoms with van der Waals surface area (Å²) in [5, 5.41) is 14.5. The summed E-state index contributed by atoms with van der Waals surface area (Å²) in [6, 6.07) is 5.78. The average molecular weight is 296 g/mol. The molecule has 0 amide bonds. The standard InChI is InChI=1S/C14H20N2O3S/c1-10-3-4-12(9-14(10)16(17)18)11(2)15-13-5-7-20(19)8-6-13/h3-4,9,11,13,15H,5-8H2,1-2H3. The number of nitro benzene ring substituents is 1. The number of benzene rings is 1. The lowest BCUT2D eigenvalue weighted by atomic mass is 10.0.